The van der Waals surface area contributed by atoms with Crippen molar-refractivity contribution in [3.05, 3.63) is 36.2 Å². The number of nitrogen functional groups attached to an aromatic ring is 1. The average molecular weight is 263 g/mol. The summed E-state index contributed by atoms with van der Waals surface area (Å²) < 4.78 is 5.14. The van der Waals surface area contributed by atoms with Gasteiger partial charge in [0.1, 0.15) is 6.26 Å². The first-order valence-corrected chi connectivity index (χ1v) is 6.08. The highest BCUT2D eigenvalue weighted by atomic mass is 32.2. The fourth-order valence-corrected chi connectivity index (χ4v) is 2.15. The fraction of sp³-hybridized carbons (Fsp3) is 0.167. The summed E-state index contributed by atoms with van der Waals surface area (Å²) in [4.78, 5) is 18.1. The number of nitrogens with zero attached hydrogens (tertiary/aromatic N) is 2. The number of aromatic nitrogens is 1. The van der Waals surface area contributed by atoms with Crippen LogP contribution in [0.1, 0.15) is 10.4 Å². The minimum Gasteiger partial charge on any atom is -0.440 e. The topological polar surface area (TPSA) is 72.4 Å². The van der Waals surface area contributed by atoms with Gasteiger partial charge in [0.15, 0.2) is 0 Å². The molecule has 1 amide bonds. The molecule has 2 aromatic rings. The molecule has 1 aromatic carbocycles. The summed E-state index contributed by atoms with van der Waals surface area (Å²) in [5.41, 5.74) is 7.04. The molecule has 0 saturated carbocycles. The molecule has 1 aromatic heterocycles. The maximum absolute atomic E-state index is 11.8. The van der Waals surface area contributed by atoms with Crippen LogP contribution in [-0.2, 0) is 0 Å². The van der Waals surface area contributed by atoms with Gasteiger partial charge < -0.3 is 15.1 Å². The Bertz CT molecular complexity index is 552. The first kappa shape index (κ1) is 12.5. The van der Waals surface area contributed by atoms with Gasteiger partial charge in [-0.05, 0) is 30.0 Å². The number of carbonyl (C=O) groups excluding carboxylic acids is 1. The Morgan fingerprint density at radius 2 is 2.22 bits per heavy atom. The van der Waals surface area contributed by atoms with Gasteiger partial charge in [-0.1, -0.05) is 0 Å². The minimum absolute atomic E-state index is 0.0655. The molecule has 5 nitrogen and oxygen atoms in total. The largest absolute Gasteiger partial charge is 0.440 e. The van der Waals surface area contributed by atoms with E-state index in [1.807, 2.05) is 0 Å². The second-order valence-electron chi connectivity index (χ2n) is 3.85. The smallest absolute Gasteiger partial charge is 0.260 e. The second-order valence-corrected chi connectivity index (χ2v) is 4.85. The Morgan fingerprint density at radius 1 is 1.44 bits per heavy atom. The van der Waals surface area contributed by atoms with E-state index >= 15 is 0 Å². The molecule has 0 bridgehead atoms. The van der Waals surface area contributed by atoms with Crippen LogP contribution in [0, 0.1) is 0 Å². The van der Waals surface area contributed by atoms with Gasteiger partial charge in [-0.15, -0.1) is 0 Å². The van der Waals surface area contributed by atoms with E-state index in [0.29, 0.717) is 16.5 Å². The van der Waals surface area contributed by atoms with Gasteiger partial charge in [0.05, 0.1) is 6.20 Å². The van der Waals surface area contributed by atoms with Crippen LogP contribution < -0.4 is 5.73 Å². The number of rotatable bonds is 3. The molecule has 1 heterocycles. The number of hydrogen-bond donors (Lipinski definition) is 1. The summed E-state index contributed by atoms with van der Waals surface area (Å²) in [7, 11) is 3.42. The molecule has 94 valence electrons. The van der Waals surface area contributed by atoms with E-state index in [1.165, 1.54) is 22.9 Å². The van der Waals surface area contributed by atoms with E-state index in [4.69, 9.17) is 10.2 Å². The lowest BCUT2D eigenvalue weighted by Gasteiger charge is -2.11. The summed E-state index contributed by atoms with van der Waals surface area (Å²) >= 11 is 1.29. The van der Waals surface area contributed by atoms with Crippen molar-refractivity contribution in [3.8, 4) is 0 Å². The first-order chi connectivity index (χ1) is 8.58. The van der Waals surface area contributed by atoms with E-state index in [2.05, 4.69) is 4.98 Å². The van der Waals surface area contributed by atoms with Gasteiger partial charge in [0.25, 0.3) is 11.1 Å². The molecule has 0 atom stereocenters. The molecular formula is C12H13N3O2S. The molecule has 0 saturated heterocycles. The van der Waals surface area contributed by atoms with Gasteiger partial charge in [-0.2, -0.15) is 0 Å². The van der Waals surface area contributed by atoms with E-state index in [-0.39, 0.29) is 5.91 Å². The zero-order valence-electron chi connectivity index (χ0n) is 10.1. The molecular weight excluding hydrogens is 250 g/mol. The SMILES string of the molecule is CN(C)C(=O)c1ccc(N)c(Sc2ncco2)c1. The molecule has 0 aliphatic heterocycles. The Morgan fingerprint density at radius 3 is 2.83 bits per heavy atom. The molecule has 0 fully saturated rings. The third-order valence-corrected chi connectivity index (χ3v) is 3.22. The normalized spacial score (nSPS) is 10.3. The van der Waals surface area contributed by atoms with Crippen LogP contribution in [0.3, 0.4) is 0 Å². The zero-order valence-corrected chi connectivity index (χ0v) is 10.9. The summed E-state index contributed by atoms with van der Waals surface area (Å²) in [5, 5.41) is 0.496. The van der Waals surface area contributed by atoms with Crippen LogP contribution in [0.5, 0.6) is 0 Å². The van der Waals surface area contributed by atoms with E-state index in [9.17, 15) is 4.79 Å². The lowest BCUT2D eigenvalue weighted by atomic mass is 10.2. The van der Waals surface area contributed by atoms with Crippen molar-refractivity contribution in [1.29, 1.82) is 0 Å². The Kier molecular flexibility index (Phi) is 3.57. The summed E-state index contributed by atoms with van der Waals surface area (Å²) in [6, 6.07) is 5.16. The molecule has 0 unspecified atom stereocenters. The maximum Gasteiger partial charge on any atom is 0.260 e. The lowest BCUT2D eigenvalue weighted by Crippen LogP contribution is -2.21. The molecule has 2 N–H and O–H groups in total. The highest BCUT2D eigenvalue weighted by Gasteiger charge is 2.12. The van der Waals surface area contributed by atoms with E-state index < -0.39 is 0 Å². The van der Waals surface area contributed by atoms with Gasteiger partial charge in [-0.3, -0.25) is 4.79 Å². The standard InChI is InChI=1S/C12H13N3O2S/c1-15(2)11(16)8-3-4-9(13)10(7-8)18-12-14-5-6-17-12/h3-7H,13H2,1-2H3. The van der Waals surface area contributed by atoms with Crippen molar-refractivity contribution >= 4 is 23.4 Å². The van der Waals surface area contributed by atoms with Gasteiger partial charge in [0, 0.05) is 30.2 Å². The minimum atomic E-state index is -0.0655. The van der Waals surface area contributed by atoms with Crippen molar-refractivity contribution in [3.63, 3.8) is 0 Å². The van der Waals surface area contributed by atoms with E-state index in [1.54, 1.807) is 38.5 Å². The lowest BCUT2D eigenvalue weighted by molar-refractivity contribution is 0.0827. The monoisotopic (exact) mass is 263 g/mol. The number of anilines is 1. The average Bonchev–Trinajstić information content (AvgIpc) is 2.84. The summed E-state index contributed by atoms with van der Waals surface area (Å²) in [6.45, 7) is 0. The van der Waals surface area contributed by atoms with Crippen LogP contribution in [0.2, 0.25) is 0 Å². The fourth-order valence-electron chi connectivity index (χ4n) is 1.37. The Hall–Kier alpha value is -1.95. The molecule has 18 heavy (non-hydrogen) atoms. The van der Waals surface area contributed by atoms with Crippen molar-refractivity contribution in [2.45, 2.75) is 10.1 Å². The number of amides is 1. The van der Waals surface area contributed by atoms with Crippen LogP contribution in [0.25, 0.3) is 0 Å². The van der Waals surface area contributed by atoms with E-state index in [0.717, 1.165) is 4.90 Å². The highest BCUT2D eigenvalue weighted by Crippen LogP contribution is 2.31. The number of nitrogens with two attached hydrogens (primary N) is 1. The van der Waals surface area contributed by atoms with Gasteiger partial charge >= 0.3 is 0 Å². The van der Waals surface area contributed by atoms with Crippen LogP contribution in [-0.4, -0.2) is 29.9 Å². The molecule has 0 spiro atoms. The van der Waals surface area contributed by atoms with Gasteiger partial charge in [-0.25, -0.2) is 4.98 Å². The Labute approximate surface area is 109 Å². The maximum atomic E-state index is 11.8. The summed E-state index contributed by atoms with van der Waals surface area (Å²) in [6.07, 6.45) is 3.06. The quantitative estimate of drug-likeness (QED) is 0.859. The molecule has 2 rings (SSSR count). The summed E-state index contributed by atoms with van der Waals surface area (Å²) in [5.74, 6) is -0.0655. The second kappa shape index (κ2) is 5.14. The Balaban J connectivity index is 2.30. The molecule has 0 aliphatic carbocycles. The van der Waals surface area contributed by atoms with Gasteiger partial charge in [0.2, 0.25) is 0 Å². The third kappa shape index (κ3) is 2.65. The number of oxazole rings is 1. The highest BCUT2D eigenvalue weighted by molar-refractivity contribution is 7.99. The first-order valence-electron chi connectivity index (χ1n) is 5.26. The number of benzene rings is 1. The molecule has 0 aliphatic rings. The molecule has 6 heteroatoms. The molecule has 0 radical (unpaired) electrons. The van der Waals surface area contributed by atoms with Crippen LogP contribution >= 0.6 is 11.8 Å². The van der Waals surface area contributed by atoms with Crippen molar-refractivity contribution in [2.75, 3.05) is 19.8 Å². The van der Waals surface area contributed by atoms with Crippen molar-refractivity contribution in [1.82, 2.24) is 9.88 Å². The predicted octanol–water partition coefficient (Wildman–Crippen LogP) is 2.11. The number of carbonyl (C=O) groups is 1. The third-order valence-electron chi connectivity index (χ3n) is 2.27. The predicted molar refractivity (Wildman–Crippen MR) is 69.5 cm³/mol. The van der Waals surface area contributed by atoms with Crippen molar-refractivity contribution in [2.24, 2.45) is 0 Å². The van der Waals surface area contributed by atoms with Crippen LogP contribution in [0.15, 0.2) is 45.2 Å². The van der Waals surface area contributed by atoms with Crippen LogP contribution in [0.4, 0.5) is 5.69 Å². The van der Waals surface area contributed by atoms with Crippen molar-refractivity contribution < 1.29 is 9.21 Å². The zero-order chi connectivity index (χ0) is 13.1. The number of hydrogen-bond acceptors (Lipinski definition) is 5.